The lowest BCUT2D eigenvalue weighted by Crippen LogP contribution is -1.76. The van der Waals surface area contributed by atoms with Crippen LogP contribution in [0.25, 0.3) is 16.6 Å². The van der Waals surface area contributed by atoms with Gasteiger partial charge < -0.3 is 0 Å². The fraction of sp³-hybridized carbons (Fsp3) is 0.0833. The summed E-state index contributed by atoms with van der Waals surface area (Å²) in [5.74, 6) is 0. The van der Waals surface area contributed by atoms with Crippen molar-refractivity contribution < 1.29 is 0 Å². The zero-order valence-corrected chi connectivity index (χ0v) is 9.90. The molecule has 15 heavy (non-hydrogen) atoms. The molecule has 0 saturated heterocycles. The SMILES string of the molecule is C=Cc1sc(-c2ccc(Cl)cc2)nc1C. The van der Waals surface area contributed by atoms with E-state index in [1.165, 1.54) is 0 Å². The summed E-state index contributed by atoms with van der Waals surface area (Å²) in [6.07, 6.45) is 1.84. The van der Waals surface area contributed by atoms with Gasteiger partial charge in [-0.25, -0.2) is 4.98 Å². The fourth-order valence-electron chi connectivity index (χ4n) is 1.31. The Morgan fingerprint density at radius 1 is 1.33 bits per heavy atom. The van der Waals surface area contributed by atoms with Crippen LogP contribution in [0.2, 0.25) is 5.02 Å². The first kappa shape index (κ1) is 10.4. The summed E-state index contributed by atoms with van der Waals surface area (Å²) in [5.41, 5.74) is 2.13. The second kappa shape index (κ2) is 4.17. The van der Waals surface area contributed by atoms with E-state index in [2.05, 4.69) is 11.6 Å². The highest BCUT2D eigenvalue weighted by Gasteiger charge is 2.06. The summed E-state index contributed by atoms with van der Waals surface area (Å²) in [6.45, 7) is 5.76. The largest absolute Gasteiger partial charge is 0.241 e. The number of nitrogens with zero attached hydrogens (tertiary/aromatic N) is 1. The third-order valence-corrected chi connectivity index (χ3v) is 3.56. The van der Waals surface area contributed by atoms with Gasteiger partial charge >= 0.3 is 0 Å². The fourth-order valence-corrected chi connectivity index (χ4v) is 2.36. The Morgan fingerprint density at radius 2 is 2.00 bits per heavy atom. The van der Waals surface area contributed by atoms with Gasteiger partial charge in [-0.15, -0.1) is 11.3 Å². The van der Waals surface area contributed by atoms with Gasteiger partial charge in [-0.1, -0.05) is 36.4 Å². The first-order valence-electron chi connectivity index (χ1n) is 4.56. The van der Waals surface area contributed by atoms with E-state index in [-0.39, 0.29) is 0 Å². The van der Waals surface area contributed by atoms with E-state index in [1.54, 1.807) is 11.3 Å². The van der Waals surface area contributed by atoms with Gasteiger partial charge in [-0.3, -0.25) is 0 Å². The highest BCUT2D eigenvalue weighted by molar-refractivity contribution is 7.16. The van der Waals surface area contributed by atoms with E-state index in [0.29, 0.717) is 0 Å². The average Bonchev–Trinajstić information content (AvgIpc) is 2.61. The number of aryl methyl sites for hydroxylation is 1. The van der Waals surface area contributed by atoms with E-state index >= 15 is 0 Å². The molecule has 0 amide bonds. The highest BCUT2D eigenvalue weighted by Crippen LogP contribution is 2.29. The van der Waals surface area contributed by atoms with E-state index in [1.807, 2.05) is 37.3 Å². The summed E-state index contributed by atoms with van der Waals surface area (Å²) >= 11 is 7.48. The number of thiazole rings is 1. The maximum atomic E-state index is 5.83. The Labute approximate surface area is 98.1 Å². The summed E-state index contributed by atoms with van der Waals surface area (Å²) in [7, 11) is 0. The van der Waals surface area contributed by atoms with Crippen molar-refractivity contribution in [3.05, 3.63) is 46.4 Å². The molecule has 2 rings (SSSR count). The molecule has 0 spiro atoms. The van der Waals surface area contributed by atoms with Crippen LogP contribution in [0.5, 0.6) is 0 Å². The minimum Gasteiger partial charge on any atom is -0.241 e. The van der Waals surface area contributed by atoms with Crippen LogP contribution in [0, 0.1) is 6.92 Å². The molecule has 0 saturated carbocycles. The number of rotatable bonds is 2. The predicted octanol–water partition coefficient (Wildman–Crippen LogP) is 4.41. The average molecular weight is 236 g/mol. The normalized spacial score (nSPS) is 10.3. The second-order valence-corrected chi connectivity index (χ2v) is 4.65. The summed E-state index contributed by atoms with van der Waals surface area (Å²) in [4.78, 5) is 5.61. The van der Waals surface area contributed by atoms with Crippen molar-refractivity contribution in [1.82, 2.24) is 4.98 Å². The van der Waals surface area contributed by atoms with E-state index in [4.69, 9.17) is 11.6 Å². The van der Waals surface area contributed by atoms with Crippen LogP contribution in [-0.2, 0) is 0 Å². The van der Waals surface area contributed by atoms with Gasteiger partial charge in [0.1, 0.15) is 5.01 Å². The molecule has 0 atom stereocenters. The Balaban J connectivity index is 2.45. The smallest absolute Gasteiger partial charge is 0.124 e. The molecule has 1 aromatic heterocycles. The molecule has 0 N–H and O–H groups in total. The third kappa shape index (κ3) is 2.11. The first-order chi connectivity index (χ1) is 7.20. The molecule has 0 aliphatic carbocycles. The molecule has 0 unspecified atom stereocenters. The minimum absolute atomic E-state index is 0.746. The third-order valence-electron chi connectivity index (χ3n) is 2.11. The van der Waals surface area contributed by atoms with Gasteiger partial charge in [-0.2, -0.15) is 0 Å². The molecule has 1 nitrogen and oxygen atoms in total. The van der Waals surface area contributed by atoms with Gasteiger partial charge in [0.05, 0.1) is 5.69 Å². The molecule has 0 aliphatic heterocycles. The Kier molecular flexibility index (Phi) is 2.89. The maximum absolute atomic E-state index is 5.83. The first-order valence-corrected chi connectivity index (χ1v) is 5.76. The molecule has 2 aromatic rings. The van der Waals surface area contributed by atoms with Gasteiger partial charge in [0, 0.05) is 15.5 Å². The number of aromatic nitrogens is 1. The van der Waals surface area contributed by atoms with Crippen molar-refractivity contribution in [2.75, 3.05) is 0 Å². The van der Waals surface area contributed by atoms with Crippen molar-refractivity contribution in [1.29, 1.82) is 0 Å². The topological polar surface area (TPSA) is 12.9 Å². The minimum atomic E-state index is 0.746. The van der Waals surface area contributed by atoms with Crippen LogP contribution < -0.4 is 0 Å². The van der Waals surface area contributed by atoms with Gasteiger partial charge in [0.15, 0.2) is 0 Å². The standard InChI is InChI=1S/C12H10ClNS/c1-3-11-8(2)14-12(15-11)9-4-6-10(13)7-5-9/h3-7H,1H2,2H3. The molecule has 0 radical (unpaired) electrons. The molecular formula is C12H10ClNS. The zero-order valence-electron chi connectivity index (χ0n) is 8.33. The maximum Gasteiger partial charge on any atom is 0.124 e. The predicted molar refractivity (Wildman–Crippen MR) is 67.4 cm³/mol. The lowest BCUT2D eigenvalue weighted by Gasteiger charge is -1.94. The molecule has 3 heteroatoms. The Bertz CT molecular complexity index is 485. The quantitative estimate of drug-likeness (QED) is 0.751. The van der Waals surface area contributed by atoms with E-state index in [9.17, 15) is 0 Å². The molecule has 0 fully saturated rings. The van der Waals surface area contributed by atoms with Crippen molar-refractivity contribution in [2.24, 2.45) is 0 Å². The summed E-state index contributed by atoms with van der Waals surface area (Å²) in [6, 6.07) is 7.71. The molecular weight excluding hydrogens is 226 g/mol. The lowest BCUT2D eigenvalue weighted by molar-refractivity contribution is 1.26. The second-order valence-electron chi connectivity index (χ2n) is 3.18. The van der Waals surface area contributed by atoms with E-state index in [0.717, 1.165) is 26.2 Å². The summed E-state index contributed by atoms with van der Waals surface area (Å²) < 4.78 is 0. The van der Waals surface area contributed by atoms with Crippen molar-refractivity contribution in [3.8, 4) is 10.6 Å². The zero-order chi connectivity index (χ0) is 10.8. The van der Waals surface area contributed by atoms with Crippen molar-refractivity contribution in [3.63, 3.8) is 0 Å². The van der Waals surface area contributed by atoms with Crippen LogP contribution in [0.4, 0.5) is 0 Å². The van der Waals surface area contributed by atoms with Gasteiger partial charge in [0.25, 0.3) is 0 Å². The van der Waals surface area contributed by atoms with Gasteiger partial charge in [-0.05, 0) is 19.1 Å². The lowest BCUT2D eigenvalue weighted by atomic mass is 10.2. The highest BCUT2D eigenvalue weighted by atomic mass is 35.5. The molecule has 0 aliphatic rings. The van der Waals surface area contributed by atoms with Crippen LogP contribution in [-0.4, -0.2) is 4.98 Å². The van der Waals surface area contributed by atoms with Crippen LogP contribution in [0.15, 0.2) is 30.8 Å². The number of hydrogen-bond acceptors (Lipinski definition) is 2. The molecule has 1 aromatic carbocycles. The van der Waals surface area contributed by atoms with E-state index < -0.39 is 0 Å². The number of benzene rings is 1. The monoisotopic (exact) mass is 235 g/mol. The number of hydrogen-bond donors (Lipinski definition) is 0. The van der Waals surface area contributed by atoms with Gasteiger partial charge in [0.2, 0.25) is 0 Å². The molecule has 0 bridgehead atoms. The van der Waals surface area contributed by atoms with Crippen LogP contribution >= 0.6 is 22.9 Å². The van der Waals surface area contributed by atoms with Crippen LogP contribution in [0.1, 0.15) is 10.6 Å². The Morgan fingerprint density at radius 3 is 2.53 bits per heavy atom. The summed E-state index contributed by atoms with van der Waals surface area (Å²) in [5, 5.41) is 1.76. The number of halogens is 1. The van der Waals surface area contributed by atoms with Crippen molar-refractivity contribution in [2.45, 2.75) is 6.92 Å². The molecule has 1 heterocycles. The van der Waals surface area contributed by atoms with Crippen molar-refractivity contribution >= 4 is 29.0 Å². The molecule has 76 valence electrons. The Hall–Kier alpha value is -1.12. The van der Waals surface area contributed by atoms with Crippen LogP contribution in [0.3, 0.4) is 0 Å².